The van der Waals surface area contributed by atoms with Gasteiger partial charge in [-0.15, -0.1) is 24.0 Å². The highest BCUT2D eigenvalue weighted by atomic mass is 32.1. The molecule has 1 aromatic heterocycles. The van der Waals surface area contributed by atoms with Gasteiger partial charge < -0.3 is 4.74 Å². The number of ketones is 1. The first-order valence-corrected chi connectivity index (χ1v) is 8.29. The first-order chi connectivity index (χ1) is 10.9. The van der Waals surface area contributed by atoms with E-state index in [-0.39, 0.29) is 5.78 Å². The zero-order valence-corrected chi connectivity index (χ0v) is 14.4. The van der Waals surface area contributed by atoms with Gasteiger partial charge in [-0.3, -0.25) is 14.4 Å². The molecule has 1 aromatic carbocycles. The number of hydrogen-bond acceptors (Lipinski definition) is 5. The number of ether oxygens (including phenoxy) is 1. The molecule has 0 N–H and O–H groups in total. The fraction of sp³-hybridized carbons (Fsp3) is 0.235. The van der Waals surface area contributed by atoms with Gasteiger partial charge in [-0.2, -0.15) is 0 Å². The number of benzene rings is 1. The third kappa shape index (κ3) is 4.30. The van der Waals surface area contributed by atoms with E-state index in [1.807, 2.05) is 6.07 Å². The Bertz CT molecular complexity index is 721. The molecule has 0 aliphatic carbocycles. The summed E-state index contributed by atoms with van der Waals surface area (Å²) in [5, 5.41) is -0.503. The van der Waals surface area contributed by atoms with Crippen molar-refractivity contribution < 1.29 is 19.1 Å². The van der Waals surface area contributed by atoms with Crippen molar-refractivity contribution in [3.63, 3.8) is 0 Å². The summed E-state index contributed by atoms with van der Waals surface area (Å²) in [4.78, 5) is 36.7. The Kier molecular flexibility index (Phi) is 5.74. The zero-order valence-electron chi connectivity index (χ0n) is 12.7. The van der Waals surface area contributed by atoms with Crippen LogP contribution in [0.15, 0.2) is 42.5 Å². The average Bonchev–Trinajstić information content (AvgIpc) is 3.03. The SMILES string of the molecule is CC(OC(=O)C(C)c1ccc(C(=O)c2ccccc2)s1)C(=O)S. The zero-order chi connectivity index (χ0) is 17.0. The Hall–Kier alpha value is -1.92. The summed E-state index contributed by atoms with van der Waals surface area (Å²) in [6, 6.07) is 12.4. The van der Waals surface area contributed by atoms with Gasteiger partial charge in [-0.25, -0.2) is 0 Å². The summed E-state index contributed by atoms with van der Waals surface area (Å²) in [6.45, 7) is 3.15. The molecule has 0 bridgehead atoms. The molecule has 23 heavy (non-hydrogen) atoms. The lowest BCUT2D eigenvalue weighted by molar-refractivity contribution is -0.152. The second-order valence-electron chi connectivity index (χ2n) is 5.04. The van der Waals surface area contributed by atoms with Crippen molar-refractivity contribution in [3.05, 3.63) is 57.8 Å². The topological polar surface area (TPSA) is 60.4 Å². The van der Waals surface area contributed by atoms with Crippen LogP contribution in [0.4, 0.5) is 0 Å². The summed E-state index contributed by atoms with van der Waals surface area (Å²) >= 11 is 4.89. The van der Waals surface area contributed by atoms with Crippen molar-refractivity contribution in [2.24, 2.45) is 0 Å². The summed E-state index contributed by atoms with van der Waals surface area (Å²) < 4.78 is 5.04. The molecule has 0 amide bonds. The fourth-order valence-corrected chi connectivity index (χ4v) is 2.94. The summed E-state index contributed by atoms with van der Waals surface area (Å²) in [5.41, 5.74) is 0.602. The van der Waals surface area contributed by atoms with Crippen molar-refractivity contribution in [3.8, 4) is 0 Å². The smallest absolute Gasteiger partial charge is 0.314 e. The molecule has 1 heterocycles. The number of thiol groups is 1. The molecule has 120 valence electrons. The second-order valence-corrected chi connectivity index (χ2v) is 6.59. The van der Waals surface area contributed by atoms with Crippen LogP contribution in [-0.2, 0) is 14.3 Å². The normalized spacial score (nSPS) is 13.2. The molecule has 0 spiro atoms. The quantitative estimate of drug-likeness (QED) is 0.493. The molecule has 2 aromatic rings. The van der Waals surface area contributed by atoms with Crippen molar-refractivity contribution >= 4 is 40.8 Å². The van der Waals surface area contributed by atoms with Crippen LogP contribution in [-0.4, -0.2) is 23.0 Å². The minimum atomic E-state index is -0.890. The number of hydrogen-bond donors (Lipinski definition) is 1. The monoisotopic (exact) mass is 348 g/mol. The summed E-state index contributed by atoms with van der Waals surface area (Å²) in [7, 11) is 0. The van der Waals surface area contributed by atoms with E-state index in [1.165, 1.54) is 18.3 Å². The lowest BCUT2D eigenvalue weighted by Gasteiger charge is -2.13. The molecule has 0 radical (unpaired) electrons. The molecule has 0 aliphatic rings. The van der Waals surface area contributed by atoms with Gasteiger partial charge in [0.1, 0.15) is 0 Å². The maximum absolute atomic E-state index is 12.4. The Balaban J connectivity index is 2.11. The number of thiophene rings is 1. The van der Waals surface area contributed by atoms with Gasteiger partial charge in [0.15, 0.2) is 6.10 Å². The van der Waals surface area contributed by atoms with Crippen LogP contribution in [0.2, 0.25) is 0 Å². The van der Waals surface area contributed by atoms with Gasteiger partial charge in [0, 0.05) is 10.4 Å². The molecule has 0 saturated carbocycles. The van der Waals surface area contributed by atoms with Crippen LogP contribution in [0.3, 0.4) is 0 Å². The van der Waals surface area contributed by atoms with Crippen LogP contribution >= 0.6 is 24.0 Å². The van der Waals surface area contributed by atoms with E-state index in [0.717, 1.165) is 0 Å². The van der Waals surface area contributed by atoms with E-state index >= 15 is 0 Å². The molecule has 4 nitrogen and oxygen atoms in total. The standard InChI is InChI=1S/C17H16O4S2/c1-10(16(19)21-11(2)17(20)22)13-8-9-14(23-13)15(18)12-6-4-3-5-7-12/h3-11H,1-2H3,(H,20,22). The molecular weight excluding hydrogens is 332 g/mol. The first-order valence-electron chi connectivity index (χ1n) is 7.03. The predicted octanol–water partition coefficient (Wildman–Crippen LogP) is 3.47. The van der Waals surface area contributed by atoms with Crippen molar-refractivity contribution in [2.75, 3.05) is 0 Å². The minimum absolute atomic E-state index is 0.0821. The highest BCUT2D eigenvalue weighted by molar-refractivity contribution is 7.96. The highest BCUT2D eigenvalue weighted by Gasteiger charge is 2.24. The van der Waals surface area contributed by atoms with E-state index in [0.29, 0.717) is 15.3 Å². The van der Waals surface area contributed by atoms with E-state index in [2.05, 4.69) is 12.6 Å². The van der Waals surface area contributed by atoms with Crippen LogP contribution < -0.4 is 0 Å². The van der Waals surface area contributed by atoms with Gasteiger partial charge in [0.2, 0.25) is 10.9 Å². The van der Waals surface area contributed by atoms with Crippen molar-refractivity contribution in [2.45, 2.75) is 25.9 Å². The molecular formula is C17H16O4S2. The Labute approximate surface area is 143 Å². The molecule has 0 saturated heterocycles. The van der Waals surface area contributed by atoms with Crippen LogP contribution in [0, 0.1) is 0 Å². The van der Waals surface area contributed by atoms with Crippen molar-refractivity contribution in [1.82, 2.24) is 0 Å². The van der Waals surface area contributed by atoms with Crippen molar-refractivity contribution in [1.29, 1.82) is 0 Å². The average molecular weight is 348 g/mol. The van der Waals surface area contributed by atoms with Gasteiger partial charge in [-0.05, 0) is 26.0 Å². The maximum Gasteiger partial charge on any atom is 0.314 e. The van der Waals surface area contributed by atoms with Crippen LogP contribution in [0.5, 0.6) is 0 Å². The Morgan fingerprint density at radius 2 is 1.70 bits per heavy atom. The minimum Gasteiger partial charge on any atom is -0.453 e. The number of esters is 1. The summed E-state index contributed by atoms with van der Waals surface area (Å²) in [5.74, 6) is -1.14. The number of carbonyl (C=O) groups excluding carboxylic acids is 3. The lowest BCUT2D eigenvalue weighted by Crippen LogP contribution is -2.23. The number of rotatable bonds is 6. The highest BCUT2D eigenvalue weighted by Crippen LogP contribution is 2.27. The largest absolute Gasteiger partial charge is 0.453 e. The number of carbonyl (C=O) groups is 3. The predicted molar refractivity (Wildman–Crippen MR) is 92.2 cm³/mol. The fourth-order valence-electron chi connectivity index (χ4n) is 1.88. The molecule has 2 atom stereocenters. The first kappa shape index (κ1) is 17.4. The van der Waals surface area contributed by atoms with E-state index in [4.69, 9.17) is 4.74 Å². The molecule has 2 unspecified atom stereocenters. The third-order valence-corrected chi connectivity index (χ3v) is 4.94. The van der Waals surface area contributed by atoms with E-state index in [1.54, 1.807) is 43.3 Å². The third-order valence-electron chi connectivity index (χ3n) is 3.31. The van der Waals surface area contributed by atoms with Gasteiger partial charge >= 0.3 is 5.97 Å². The molecule has 6 heteroatoms. The maximum atomic E-state index is 12.4. The molecule has 0 fully saturated rings. The van der Waals surface area contributed by atoms with Gasteiger partial charge in [-0.1, -0.05) is 30.3 Å². The van der Waals surface area contributed by atoms with Crippen LogP contribution in [0.25, 0.3) is 0 Å². The second kappa shape index (κ2) is 7.57. The summed E-state index contributed by atoms with van der Waals surface area (Å²) in [6.07, 6.45) is -0.890. The lowest BCUT2D eigenvalue weighted by atomic mass is 10.1. The van der Waals surface area contributed by atoms with Crippen LogP contribution in [0.1, 0.15) is 39.9 Å². The Morgan fingerprint density at radius 3 is 2.30 bits per heavy atom. The van der Waals surface area contributed by atoms with Gasteiger partial charge in [0.05, 0.1) is 10.8 Å². The molecule has 2 rings (SSSR count). The molecule has 0 aliphatic heterocycles. The van der Waals surface area contributed by atoms with E-state index in [9.17, 15) is 14.4 Å². The Morgan fingerprint density at radius 1 is 1.04 bits per heavy atom. The van der Waals surface area contributed by atoms with E-state index < -0.39 is 23.1 Å². The van der Waals surface area contributed by atoms with Gasteiger partial charge in [0.25, 0.3) is 0 Å².